The van der Waals surface area contributed by atoms with E-state index in [1.54, 1.807) is 19.3 Å². The number of β-amino-alcohol motifs (C(OH)–C–C–N with tert-alkyl or cyclic N) is 1. The molecular formula is C33H41N9O3. The van der Waals surface area contributed by atoms with Crippen molar-refractivity contribution in [1.82, 2.24) is 33.9 Å². The van der Waals surface area contributed by atoms with Gasteiger partial charge in [-0.1, -0.05) is 12.1 Å². The summed E-state index contributed by atoms with van der Waals surface area (Å²) in [7, 11) is 5.83. The SMILES string of the molecule is Cc1c(NC(=O)c2nc3c(n2C)CCN(C)C3)cccc1-c1cncc(NC(=O)c2nc3c(n2C)CCN(CC(C)O)C3)c1C. The Hall–Kier alpha value is -4.39. The first-order valence-electron chi connectivity index (χ1n) is 15.4. The molecule has 12 nitrogen and oxygen atoms in total. The van der Waals surface area contributed by atoms with E-state index in [-0.39, 0.29) is 11.8 Å². The van der Waals surface area contributed by atoms with Crippen molar-refractivity contribution in [3.8, 4) is 11.1 Å². The molecule has 0 bridgehead atoms. The number of carbonyl (C=O) groups excluding carboxylic acids is 2. The minimum atomic E-state index is -0.421. The number of pyridine rings is 1. The number of aliphatic hydroxyl groups excluding tert-OH is 1. The third-order valence-electron chi connectivity index (χ3n) is 9.05. The lowest BCUT2D eigenvalue weighted by atomic mass is 9.96. The molecule has 2 aliphatic rings. The molecule has 236 valence electrons. The highest BCUT2D eigenvalue weighted by molar-refractivity contribution is 6.04. The van der Waals surface area contributed by atoms with Crippen molar-refractivity contribution < 1.29 is 14.7 Å². The van der Waals surface area contributed by atoms with Gasteiger partial charge < -0.3 is 29.8 Å². The van der Waals surface area contributed by atoms with E-state index in [1.165, 1.54) is 0 Å². The van der Waals surface area contributed by atoms with Crippen LogP contribution < -0.4 is 10.6 Å². The van der Waals surface area contributed by atoms with Gasteiger partial charge in [0.15, 0.2) is 11.6 Å². The number of fused-ring (bicyclic) bond motifs is 2. The van der Waals surface area contributed by atoms with Crippen LogP contribution in [-0.2, 0) is 40.0 Å². The van der Waals surface area contributed by atoms with E-state index in [0.29, 0.717) is 36.1 Å². The highest BCUT2D eigenvalue weighted by Crippen LogP contribution is 2.33. The molecule has 5 heterocycles. The number of amides is 2. The lowest BCUT2D eigenvalue weighted by molar-refractivity contribution is 0.100. The van der Waals surface area contributed by atoms with Crippen LogP contribution >= 0.6 is 0 Å². The van der Waals surface area contributed by atoms with Gasteiger partial charge in [0.1, 0.15) is 0 Å². The molecule has 12 heteroatoms. The van der Waals surface area contributed by atoms with Crippen LogP contribution in [0.1, 0.15) is 62.1 Å². The number of anilines is 2. The summed E-state index contributed by atoms with van der Waals surface area (Å²) in [6.45, 7) is 9.34. The lowest BCUT2D eigenvalue weighted by Gasteiger charge is -2.27. The zero-order valence-corrected chi connectivity index (χ0v) is 26.8. The molecule has 6 rings (SSSR count). The summed E-state index contributed by atoms with van der Waals surface area (Å²) in [5.74, 6) is 0.177. The van der Waals surface area contributed by atoms with Crippen LogP contribution in [-0.4, -0.2) is 83.6 Å². The molecular weight excluding hydrogens is 570 g/mol. The van der Waals surface area contributed by atoms with Crippen molar-refractivity contribution in [3.63, 3.8) is 0 Å². The summed E-state index contributed by atoms with van der Waals surface area (Å²) in [6, 6.07) is 5.77. The number of imidazole rings is 2. The predicted molar refractivity (Wildman–Crippen MR) is 172 cm³/mol. The molecule has 45 heavy (non-hydrogen) atoms. The van der Waals surface area contributed by atoms with E-state index < -0.39 is 6.10 Å². The molecule has 0 saturated heterocycles. The lowest BCUT2D eigenvalue weighted by Crippen LogP contribution is -2.36. The highest BCUT2D eigenvalue weighted by atomic mass is 16.3. The number of hydrogen-bond acceptors (Lipinski definition) is 8. The molecule has 1 unspecified atom stereocenters. The van der Waals surface area contributed by atoms with Gasteiger partial charge in [0.2, 0.25) is 0 Å². The number of aliphatic hydroxyl groups is 1. The third kappa shape index (κ3) is 5.88. The number of nitrogens with zero attached hydrogens (tertiary/aromatic N) is 7. The molecule has 4 aromatic rings. The van der Waals surface area contributed by atoms with Gasteiger partial charge in [-0.15, -0.1) is 0 Å². The first-order chi connectivity index (χ1) is 21.5. The highest BCUT2D eigenvalue weighted by Gasteiger charge is 2.27. The van der Waals surface area contributed by atoms with Gasteiger partial charge in [0, 0.05) is 88.5 Å². The minimum Gasteiger partial charge on any atom is -0.392 e. The quantitative estimate of drug-likeness (QED) is 0.291. The Morgan fingerprint density at radius 3 is 2.11 bits per heavy atom. The van der Waals surface area contributed by atoms with Crippen LogP contribution in [0.3, 0.4) is 0 Å². The molecule has 3 aromatic heterocycles. The molecule has 0 radical (unpaired) electrons. The van der Waals surface area contributed by atoms with Gasteiger partial charge in [-0.05, 0) is 50.6 Å². The van der Waals surface area contributed by atoms with Crippen molar-refractivity contribution in [2.45, 2.75) is 52.8 Å². The third-order valence-corrected chi connectivity index (χ3v) is 9.05. The van der Waals surface area contributed by atoms with Crippen LogP contribution in [0.5, 0.6) is 0 Å². The van der Waals surface area contributed by atoms with Gasteiger partial charge in [0.05, 0.1) is 29.4 Å². The van der Waals surface area contributed by atoms with Gasteiger partial charge in [-0.25, -0.2) is 9.97 Å². The second-order valence-corrected chi connectivity index (χ2v) is 12.3. The molecule has 0 saturated carbocycles. The monoisotopic (exact) mass is 611 g/mol. The number of carbonyl (C=O) groups is 2. The van der Waals surface area contributed by atoms with Crippen LogP contribution in [0.4, 0.5) is 11.4 Å². The summed E-state index contributed by atoms with van der Waals surface area (Å²) in [5.41, 5.74) is 8.73. The van der Waals surface area contributed by atoms with Gasteiger partial charge in [-0.2, -0.15) is 0 Å². The zero-order valence-electron chi connectivity index (χ0n) is 26.8. The molecule has 1 aromatic carbocycles. The Morgan fingerprint density at radius 2 is 1.44 bits per heavy atom. The molecule has 2 amide bonds. The summed E-state index contributed by atoms with van der Waals surface area (Å²) in [4.78, 5) is 45.0. The number of nitrogens with one attached hydrogen (secondary N) is 2. The van der Waals surface area contributed by atoms with Crippen LogP contribution in [0.15, 0.2) is 30.6 Å². The predicted octanol–water partition coefficient (Wildman–Crippen LogP) is 3.06. The van der Waals surface area contributed by atoms with E-state index in [0.717, 1.165) is 77.5 Å². The first-order valence-corrected chi connectivity index (χ1v) is 15.4. The Kier molecular flexibility index (Phi) is 8.29. The van der Waals surface area contributed by atoms with Crippen molar-refractivity contribution >= 4 is 23.2 Å². The molecule has 3 N–H and O–H groups in total. The smallest absolute Gasteiger partial charge is 0.291 e. The summed E-state index contributed by atoms with van der Waals surface area (Å²) in [6.07, 6.45) is 4.63. The van der Waals surface area contributed by atoms with Gasteiger partial charge >= 0.3 is 0 Å². The Labute approximate surface area is 263 Å². The number of benzene rings is 1. The standard InChI is InChI=1S/C33H41N9O3/c1-19(43)16-42-13-11-29-27(18-42)36-31(41(29)6)33(45)38-25-15-34-14-23(21(25)3)22-8-7-9-24(20(22)2)37-32(44)30-35-26-17-39(4)12-10-28(26)40(30)5/h7-9,14-15,19,43H,10-13,16-18H2,1-6H3,(H,37,44)(H,38,45). The maximum absolute atomic E-state index is 13.5. The Bertz CT molecular complexity index is 1790. The number of likely N-dealkylation sites (N-methyl/N-ethyl adjacent to an activating group) is 1. The molecule has 1 atom stereocenters. The fourth-order valence-corrected chi connectivity index (χ4v) is 6.52. The van der Waals surface area contributed by atoms with Crippen LogP contribution in [0, 0.1) is 13.8 Å². The van der Waals surface area contributed by atoms with Gasteiger partial charge in [0.25, 0.3) is 11.8 Å². The van der Waals surface area contributed by atoms with Crippen molar-refractivity contribution in [2.24, 2.45) is 14.1 Å². The van der Waals surface area contributed by atoms with Crippen molar-refractivity contribution in [3.05, 3.63) is 76.1 Å². The molecule has 0 fully saturated rings. The number of aromatic nitrogens is 5. The summed E-state index contributed by atoms with van der Waals surface area (Å²) in [5, 5.41) is 15.9. The average Bonchev–Trinajstić information content (AvgIpc) is 3.50. The average molecular weight is 612 g/mol. The van der Waals surface area contributed by atoms with Crippen LogP contribution in [0.25, 0.3) is 11.1 Å². The van der Waals surface area contributed by atoms with E-state index >= 15 is 0 Å². The largest absolute Gasteiger partial charge is 0.392 e. The minimum absolute atomic E-state index is 0.252. The normalized spacial score (nSPS) is 15.8. The second kappa shape index (κ2) is 12.2. The van der Waals surface area contributed by atoms with E-state index in [4.69, 9.17) is 0 Å². The fraction of sp³-hybridized carbons (Fsp3) is 0.424. The van der Waals surface area contributed by atoms with Crippen molar-refractivity contribution in [2.75, 3.05) is 37.3 Å². The number of hydrogen-bond donors (Lipinski definition) is 3. The van der Waals surface area contributed by atoms with E-state index in [2.05, 4.69) is 42.4 Å². The maximum Gasteiger partial charge on any atom is 0.291 e. The van der Waals surface area contributed by atoms with Crippen LogP contribution in [0.2, 0.25) is 0 Å². The zero-order chi connectivity index (χ0) is 32.0. The summed E-state index contributed by atoms with van der Waals surface area (Å²) >= 11 is 0. The number of rotatable bonds is 7. The Morgan fingerprint density at radius 1 is 0.844 bits per heavy atom. The summed E-state index contributed by atoms with van der Waals surface area (Å²) < 4.78 is 3.77. The topological polar surface area (TPSA) is 133 Å². The van der Waals surface area contributed by atoms with Gasteiger partial charge in [-0.3, -0.25) is 19.5 Å². The Balaban J connectivity index is 1.22. The van der Waals surface area contributed by atoms with E-state index in [1.807, 2.05) is 55.3 Å². The van der Waals surface area contributed by atoms with Crippen molar-refractivity contribution in [1.29, 1.82) is 0 Å². The first kappa shape index (κ1) is 30.6. The maximum atomic E-state index is 13.5. The molecule has 0 spiro atoms. The second-order valence-electron chi connectivity index (χ2n) is 12.3. The fourth-order valence-electron chi connectivity index (χ4n) is 6.52. The van der Waals surface area contributed by atoms with E-state index in [9.17, 15) is 14.7 Å². The molecule has 0 aliphatic carbocycles. The molecule has 2 aliphatic heterocycles.